The Bertz CT molecular complexity index is 961. The Labute approximate surface area is 156 Å². The first kappa shape index (κ1) is 17.2. The molecular formula is C20H20N4O3. The van der Waals surface area contributed by atoms with Crippen molar-refractivity contribution in [2.45, 2.75) is 12.8 Å². The SMILES string of the molecule is Cn1ccnc1C(=O)[C@H]1CCCN(C(=O)c2conc2-c2ccccc2)C1. The van der Waals surface area contributed by atoms with Crippen molar-refractivity contribution in [3.8, 4) is 11.3 Å². The van der Waals surface area contributed by atoms with E-state index in [2.05, 4.69) is 10.1 Å². The van der Waals surface area contributed by atoms with Crippen LogP contribution in [-0.2, 0) is 7.05 Å². The summed E-state index contributed by atoms with van der Waals surface area (Å²) >= 11 is 0. The third-order valence-electron chi connectivity index (χ3n) is 4.97. The minimum absolute atomic E-state index is 0.0198. The van der Waals surface area contributed by atoms with Crippen LogP contribution in [0.2, 0.25) is 0 Å². The molecule has 0 saturated carbocycles. The maximum Gasteiger partial charge on any atom is 0.259 e. The van der Waals surface area contributed by atoms with E-state index in [-0.39, 0.29) is 17.6 Å². The molecule has 3 aromatic rings. The summed E-state index contributed by atoms with van der Waals surface area (Å²) in [6.45, 7) is 0.993. The lowest BCUT2D eigenvalue weighted by molar-refractivity contribution is 0.0633. The first-order chi connectivity index (χ1) is 13.1. The normalized spacial score (nSPS) is 17.1. The lowest BCUT2D eigenvalue weighted by atomic mass is 9.92. The van der Waals surface area contributed by atoms with Gasteiger partial charge in [-0.15, -0.1) is 0 Å². The van der Waals surface area contributed by atoms with Crippen LogP contribution in [0.4, 0.5) is 0 Å². The van der Waals surface area contributed by atoms with Gasteiger partial charge in [-0.05, 0) is 12.8 Å². The summed E-state index contributed by atoms with van der Waals surface area (Å²) in [4.78, 5) is 31.7. The zero-order valence-electron chi connectivity index (χ0n) is 15.0. The number of aromatic nitrogens is 3. The van der Waals surface area contributed by atoms with E-state index in [9.17, 15) is 9.59 Å². The van der Waals surface area contributed by atoms with Gasteiger partial charge in [-0.1, -0.05) is 35.5 Å². The number of carbonyl (C=O) groups excluding carboxylic acids is 2. The molecule has 7 heteroatoms. The van der Waals surface area contributed by atoms with Crippen LogP contribution in [0.5, 0.6) is 0 Å². The molecule has 0 radical (unpaired) electrons. The molecule has 138 valence electrons. The van der Waals surface area contributed by atoms with Crippen molar-refractivity contribution in [1.82, 2.24) is 19.6 Å². The number of imidazole rings is 1. The van der Waals surface area contributed by atoms with Crippen LogP contribution in [0.15, 0.2) is 53.5 Å². The zero-order chi connectivity index (χ0) is 18.8. The third-order valence-corrected chi connectivity index (χ3v) is 4.97. The number of amides is 1. The Balaban J connectivity index is 1.54. The summed E-state index contributed by atoms with van der Waals surface area (Å²) < 4.78 is 6.80. The smallest absolute Gasteiger partial charge is 0.259 e. The molecular weight excluding hydrogens is 344 g/mol. The second-order valence-electron chi connectivity index (χ2n) is 6.76. The van der Waals surface area contributed by atoms with Crippen LogP contribution in [0.25, 0.3) is 11.3 Å². The lowest BCUT2D eigenvalue weighted by Gasteiger charge is -2.31. The number of rotatable bonds is 4. The molecule has 1 aliphatic rings. The number of hydrogen-bond acceptors (Lipinski definition) is 5. The highest BCUT2D eigenvalue weighted by Crippen LogP contribution is 2.26. The Morgan fingerprint density at radius 1 is 1.22 bits per heavy atom. The van der Waals surface area contributed by atoms with Gasteiger partial charge in [0.1, 0.15) is 17.5 Å². The van der Waals surface area contributed by atoms with Crippen LogP contribution >= 0.6 is 0 Å². The Kier molecular flexibility index (Phi) is 4.58. The van der Waals surface area contributed by atoms with Crippen molar-refractivity contribution >= 4 is 11.7 Å². The lowest BCUT2D eigenvalue weighted by Crippen LogP contribution is -2.42. The Morgan fingerprint density at radius 2 is 2.04 bits per heavy atom. The maximum atomic E-state index is 13.1. The van der Waals surface area contributed by atoms with Crippen molar-refractivity contribution in [2.75, 3.05) is 13.1 Å². The van der Waals surface area contributed by atoms with Crippen LogP contribution in [0, 0.1) is 5.92 Å². The molecule has 7 nitrogen and oxygen atoms in total. The standard InChI is InChI=1S/C20H20N4O3/c1-23-11-9-21-19(23)18(25)15-8-5-10-24(12-15)20(26)16-13-27-22-17(16)14-6-3-2-4-7-14/h2-4,6-7,9,11,13,15H,5,8,10,12H2,1H3/t15-/m0/s1. The first-order valence-electron chi connectivity index (χ1n) is 8.95. The fourth-order valence-electron chi connectivity index (χ4n) is 3.52. The summed E-state index contributed by atoms with van der Waals surface area (Å²) in [7, 11) is 1.80. The van der Waals surface area contributed by atoms with Gasteiger partial charge in [0.05, 0.1) is 0 Å². The predicted molar refractivity (Wildman–Crippen MR) is 98.1 cm³/mol. The molecule has 1 aliphatic heterocycles. The van der Waals surface area contributed by atoms with E-state index in [1.54, 1.807) is 28.9 Å². The van der Waals surface area contributed by atoms with Gasteiger partial charge < -0.3 is 14.0 Å². The molecule has 1 aromatic carbocycles. The second kappa shape index (κ2) is 7.19. The number of ketones is 1. The summed E-state index contributed by atoms with van der Waals surface area (Å²) in [6.07, 6.45) is 6.28. The monoisotopic (exact) mass is 364 g/mol. The number of Topliss-reactive ketones (excluding diaryl/α,β-unsaturated/α-hetero) is 1. The number of likely N-dealkylation sites (tertiary alicyclic amines) is 1. The van der Waals surface area contributed by atoms with E-state index in [0.717, 1.165) is 18.4 Å². The third kappa shape index (κ3) is 3.28. The number of piperidine rings is 1. The van der Waals surface area contributed by atoms with Gasteiger partial charge in [-0.2, -0.15) is 0 Å². The van der Waals surface area contributed by atoms with E-state index >= 15 is 0 Å². The molecule has 27 heavy (non-hydrogen) atoms. The number of benzene rings is 1. The molecule has 0 unspecified atom stereocenters. The average Bonchev–Trinajstić information content (AvgIpc) is 3.37. The molecule has 0 bridgehead atoms. The van der Waals surface area contributed by atoms with Crippen LogP contribution in [-0.4, -0.2) is 44.4 Å². The van der Waals surface area contributed by atoms with Gasteiger partial charge in [-0.25, -0.2) is 4.98 Å². The van der Waals surface area contributed by atoms with E-state index < -0.39 is 0 Å². The number of aryl methyl sites for hydroxylation is 1. The van der Waals surface area contributed by atoms with Crippen LogP contribution in [0.1, 0.15) is 33.8 Å². The predicted octanol–water partition coefficient (Wildman–Crippen LogP) is 2.81. The number of hydrogen-bond donors (Lipinski definition) is 0. The highest BCUT2D eigenvalue weighted by atomic mass is 16.5. The van der Waals surface area contributed by atoms with Crippen molar-refractivity contribution in [1.29, 1.82) is 0 Å². The molecule has 1 saturated heterocycles. The van der Waals surface area contributed by atoms with Crippen molar-refractivity contribution in [3.63, 3.8) is 0 Å². The Hall–Kier alpha value is -3.22. The minimum atomic E-state index is -0.246. The largest absolute Gasteiger partial charge is 0.363 e. The average molecular weight is 364 g/mol. The summed E-state index contributed by atoms with van der Waals surface area (Å²) in [6, 6.07) is 9.46. The second-order valence-corrected chi connectivity index (χ2v) is 6.76. The van der Waals surface area contributed by atoms with Gasteiger partial charge in [0, 0.05) is 44.0 Å². The van der Waals surface area contributed by atoms with Gasteiger partial charge >= 0.3 is 0 Å². The number of carbonyl (C=O) groups is 2. The minimum Gasteiger partial charge on any atom is -0.363 e. The van der Waals surface area contributed by atoms with Gasteiger partial charge in [0.2, 0.25) is 5.78 Å². The Morgan fingerprint density at radius 3 is 2.78 bits per heavy atom. The first-order valence-corrected chi connectivity index (χ1v) is 8.95. The number of nitrogens with zero attached hydrogens (tertiary/aromatic N) is 4. The van der Waals surface area contributed by atoms with E-state index in [4.69, 9.17) is 4.52 Å². The summed E-state index contributed by atoms with van der Waals surface area (Å²) in [5.41, 5.74) is 1.77. The molecule has 1 amide bonds. The molecule has 0 N–H and O–H groups in total. The van der Waals surface area contributed by atoms with Gasteiger partial charge in [0.15, 0.2) is 5.82 Å². The van der Waals surface area contributed by atoms with E-state index in [1.165, 1.54) is 6.26 Å². The molecule has 0 aliphatic carbocycles. The summed E-state index contributed by atoms with van der Waals surface area (Å²) in [5, 5.41) is 4.01. The highest BCUT2D eigenvalue weighted by Gasteiger charge is 2.32. The summed E-state index contributed by atoms with van der Waals surface area (Å²) in [5.74, 6) is 0.00846. The van der Waals surface area contributed by atoms with Crippen molar-refractivity contribution in [3.05, 3.63) is 60.4 Å². The van der Waals surface area contributed by atoms with Gasteiger partial charge in [0.25, 0.3) is 5.91 Å². The van der Waals surface area contributed by atoms with Crippen molar-refractivity contribution < 1.29 is 14.1 Å². The maximum absolute atomic E-state index is 13.1. The molecule has 1 fully saturated rings. The highest BCUT2D eigenvalue weighted by molar-refractivity contribution is 6.00. The molecule has 0 spiro atoms. The molecule has 4 rings (SSSR count). The van der Waals surface area contributed by atoms with Crippen LogP contribution in [0.3, 0.4) is 0 Å². The van der Waals surface area contributed by atoms with Crippen LogP contribution < -0.4 is 0 Å². The zero-order valence-corrected chi connectivity index (χ0v) is 15.0. The van der Waals surface area contributed by atoms with Crippen molar-refractivity contribution in [2.24, 2.45) is 13.0 Å². The fourth-order valence-corrected chi connectivity index (χ4v) is 3.52. The molecule has 2 aromatic heterocycles. The molecule has 3 heterocycles. The quantitative estimate of drug-likeness (QED) is 0.665. The van der Waals surface area contributed by atoms with Gasteiger partial charge in [-0.3, -0.25) is 9.59 Å². The van der Waals surface area contributed by atoms with E-state index in [1.807, 2.05) is 30.3 Å². The molecule has 1 atom stereocenters. The fraction of sp³-hybridized carbons (Fsp3) is 0.300. The van der Waals surface area contributed by atoms with E-state index in [0.29, 0.717) is 30.2 Å². The topological polar surface area (TPSA) is 81.2 Å².